The minimum Gasteiger partial charge on any atom is -0.293 e. The van der Waals surface area contributed by atoms with E-state index in [0.717, 1.165) is 25.1 Å². The minimum atomic E-state index is -0.429. The molecule has 1 saturated heterocycles. The van der Waals surface area contributed by atoms with Gasteiger partial charge in [0.15, 0.2) is 0 Å². The number of likely N-dealkylation sites (tertiary alicyclic amines) is 1. The number of benzene rings is 1. The van der Waals surface area contributed by atoms with Gasteiger partial charge in [0.1, 0.15) is 0 Å². The Kier molecular flexibility index (Phi) is 3.82. The maximum atomic E-state index is 13.2. The van der Waals surface area contributed by atoms with E-state index in [1.54, 1.807) is 6.20 Å². The van der Waals surface area contributed by atoms with Crippen LogP contribution in [0.2, 0.25) is 0 Å². The molecule has 122 valence electrons. The van der Waals surface area contributed by atoms with Crippen molar-refractivity contribution in [2.24, 2.45) is 0 Å². The first-order chi connectivity index (χ1) is 11.7. The van der Waals surface area contributed by atoms with Crippen molar-refractivity contribution in [2.45, 2.75) is 37.1 Å². The molecule has 2 fully saturated rings. The highest BCUT2D eigenvalue weighted by Crippen LogP contribution is 2.62. The average molecular weight is 321 g/mol. The van der Waals surface area contributed by atoms with Gasteiger partial charge in [-0.15, -0.1) is 0 Å². The van der Waals surface area contributed by atoms with E-state index in [9.17, 15) is 4.39 Å². The number of piperidine rings is 1. The molecular formula is C20H20FN3. The van der Waals surface area contributed by atoms with Gasteiger partial charge in [0.2, 0.25) is 5.95 Å². The zero-order chi connectivity index (χ0) is 16.6. The van der Waals surface area contributed by atoms with Gasteiger partial charge in [0, 0.05) is 12.1 Å². The lowest BCUT2D eigenvalue weighted by Crippen LogP contribution is -2.40. The summed E-state index contributed by atoms with van der Waals surface area (Å²) < 4.78 is 13.2. The van der Waals surface area contributed by atoms with E-state index in [1.807, 2.05) is 18.2 Å². The van der Waals surface area contributed by atoms with Crippen LogP contribution in [-0.4, -0.2) is 23.0 Å². The van der Waals surface area contributed by atoms with E-state index in [4.69, 9.17) is 5.26 Å². The van der Waals surface area contributed by atoms with Crippen LogP contribution in [0.1, 0.15) is 48.3 Å². The highest BCUT2D eigenvalue weighted by molar-refractivity contribution is 5.44. The Bertz CT molecular complexity index is 757. The van der Waals surface area contributed by atoms with E-state index >= 15 is 0 Å². The third-order valence-corrected chi connectivity index (χ3v) is 5.52. The summed E-state index contributed by atoms with van der Waals surface area (Å²) in [6.45, 7) is 2.20. The van der Waals surface area contributed by atoms with Crippen molar-refractivity contribution >= 4 is 0 Å². The van der Waals surface area contributed by atoms with Crippen molar-refractivity contribution in [3.63, 3.8) is 0 Å². The summed E-state index contributed by atoms with van der Waals surface area (Å²) in [4.78, 5) is 6.43. The van der Waals surface area contributed by atoms with Crippen LogP contribution in [0, 0.1) is 17.3 Å². The van der Waals surface area contributed by atoms with Crippen LogP contribution in [0.15, 0.2) is 42.6 Å². The van der Waals surface area contributed by atoms with Gasteiger partial charge in [-0.05, 0) is 61.7 Å². The summed E-state index contributed by atoms with van der Waals surface area (Å²) in [6, 6.07) is 13.5. The Morgan fingerprint density at radius 3 is 2.46 bits per heavy atom. The number of hydrogen-bond acceptors (Lipinski definition) is 3. The summed E-state index contributed by atoms with van der Waals surface area (Å²) in [5.41, 5.74) is 3.03. The van der Waals surface area contributed by atoms with Crippen molar-refractivity contribution in [3.8, 4) is 6.07 Å². The number of hydrogen-bond donors (Lipinski definition) is 0. The first kappa shape index (κ1) is 15.3. The van der Waals surface area contributed by atoms with Crippen LogP contribution in [0.4, 0.5) is 4.39 Å². The van der Waals surface area contributed by atoms with Crippen LogP contribution < -0.4 is 0 Å². The van der Waals surface area contributed by atoms with Gasteiger partial charge in [-0.1, -0.05) is 24.6 Å². The maximum Gasteiger partial charge on any atom is 0.212 e. The second-order valence-electron chi connectivity index (χ2n) is 6.83. The van der Waals surface area contributed by atoms with Crippen molar-refractivity contribution in [1.82, 2.24) is 9.88 Å². The van der Waals surface area contributed by atoms with Crippen molar-refractivity contribution < 1.29 is 4.39 Å². The predicted molar refractivity (Wildman–Crippen MR) is 89.8 cm³/mol. The summed E-state index contributed by atoms with van der Waals surface area (Å²) in [6.07, 6.45) is 6.46. The molecule has 0 amide bonds. The molecule has 0 radical (unpaired) electrons. The van der Waals surface area contributed by atoms with E-state index < -0.39 is 5.95 Å². The van der Waals surface area contributed by atoms with Crippen molar-refractivity contribution in [2.75, 3.05) is 13.1 Å². The van der Waals surface area contributed by atoms with Gasteiger partial charge >= 0.3 is 0 Å². The Balaban J connectivity index is 1.71. The monoisotopic (exact) mass is 321 g/mol. The second-order valence-corrected chi connectivity index (χ2v) is 6.83. The average Bonchev–Trinajstić information content (AvgIpc) is 3.40. The van der Waals surface area contributed by atoms with Crippen LogP contribution in [0.3, 0.4) is 0 Å². The largest absolute Gasteiger partial charge is 0.293 e. The summed E-state index contributed by atoms with van der Waals surface area (Å²) >= 11 is 0. The zero-order valence-electron chi connectivity index (χ0n) is 13.6. The van der Waals surface area contributed by atoms with E-state index in [1.165, 1.54) is 30.9 Å². The lowest BCUT2D eigenvalue weighted by Gasteiger charge is -2.36. The van der Waals surface area contributed by atoms with Gasteiger partial charge in [0.05, 0.1) is 17.2 Å². The molecule has 0 spiro atoms. The normalized spacial score (nSPS) is 26.8. The highest BCUT2D eigenvalue weighted by atomic mass is 19.1. The third kappa shape index (κ3) is 2.50. The third-order valence-electron chi connectivity index (χ3n) is 5.52. The Morgan fingerprint density at radius 1 is 1.08 bits per heavy atom. The Labute approximate surface area is 141 Å². The van der Waals surface area contributed by atoms with Crippen molar-refractivity contribution in [1.29, 1.82) is 5.26 Å². The van der Waals surface area contributed by atoms with Crippen LogP contribution >= 0.6 is 0 Å². The first-order valence-electron chi connectivity index (χ1n) is 8.61. The van der Waals surface area contributed by atoms with E-state index in [0.29, 0.717) is 11.5 Å². The van der Waals surface area contributed by atoms with Gasteiger partial charge in [-0.25, -0.2) is 4.98 Å². The number of pyridine rings is 1. The molecule has 4 rings (SSSR count). The fourth-order valence-electron chi connectivity index (χ4n) is 4.22. The van der Waals surface area contributed by atoms with E-state index in [2.05, 4.69) is 28.1 Å². The number of nitriles is 1. The molecule has 2 heterocycles. The van der Waals surface area contributed by atoms with Gasteiger partial charge < -0.3 is 0 Å². The topological polar surface area (TPSA) is 39.9 Å². The zero-order valence-corrected chi connectivity index (χ0v) is 13.6. The number of aromatic nitrogens is 1. The van der Waals surface area contributed by atoms with Gasteiger partial charge in [0.25, 0.3) is 0 Å². The molecular weight excluding hydrogens is 301 g/mol. The molecule has 1 aromatic carbocycles. The molecule has 1 aliphatic heterocycles. The standard InChI is InChI=1S/C20H20FN3/c21-19-9-6-16(14-23-19)18-12-20(18,24-10-2-1-3-11-24)17-7-4-15(13-22)5-8-17/h4-9,14,18H,1-3,10-12H2/t18-,20+/m1/s1. The molecule has 24 heavy (non-hydrogen) atoms. The quantitative estimate of drug-likeness (QED) is 0.803. The minimum absolute atomic E-state index is 0.0199. The summed E-state index contributed by atoms with van der Waals surface area (Å²) in [7, 11) is 0. The molecule has 1 aliphatic carbocycles. The van der Waals surface area contributed by atoms with Gasteiger partial charge in [-0.3, -0.25) is 4.90 Å². The second kappa shape index (κ2) is 5.99. The molecule has 0 N–H and O–H groups in total. The summed E-state index contributed by atoms with van der Waals surface area (Å²) in [5, 5.41) is 9.05. The van der Waals surface area contributed by atoms with Crippen molar-refractivity contribution in [3.05, 3.63) is 65.2 Å². The molecule has 2 aromatic rings. The lowest BCUT2D eigenvalue weighted by molar-refractivity contribution is 0.139. The predicted octanol–water partition coefficient (Wildman–Crippen LogP) is 3.96. The smallest absolute Gasteiger partial charge is 0.212 e. The lowest BCUT2D eigenvalue weighted by atomic mass is 9.94. The number of nitrogens with zero attached hydrogens (tertiary/aromatic N) is 3. The van der Waals surface area contributed by atoms with Crippen LogP contribution in [-0.2, 0) is 5.54 Å². The highest BCUT2D eigenvalue weighted by Gasteiger charge is 2.59. The molecule has 1 saturated carbocycles. The summed E-state index contributed by atoms with van der Waals surface area (Å²) in [5.74, 6) is -0.0852. The molecule has 1 aromatic heterocycles. The molecule has 2 aliphatic rings. The molecule has 3 nitrogen and oxygen atoms in total. The van der Waals surface area contributed by atoms with Crippen LogP contribution in [0.5, 0.6) is 0 Å². The number of rotatable bonds is 3. The van der Waals surface area contributed by atoms with Crippen LogP contribution in [0.25, 0.3) is 0 Å². The maximum absolute atomic E-state index is 13.2. The molecule has 4 heteroatoms. The fraction of sp³-hybridized carbons (Fsp3) is 0.400. The Hall–Kier alpha value is -2.25. The first-order valence-corrected chi connectivity index (χ1v) is 8.61. The van der Waals surface area contributed by atoms with Gasteiger partial charge in [-0.2, -0.15) is 9.65 Å². The number of halogens is 1. The van der Waals surface area contributed by atoms with E-state index in [-0.39, 0.29) is 5.54 Å². The SMILES string of the molecule is N#Cc1ccc([C@@]2(N3CCCCC3)C[C@@H]2c2ccc(F)nc2)cc1. The Morgan fingerprint density at radius 2 is 1.83 bits per heavy atom. The molecule has 0 bridgehead atoms. The molecule has 2 atom stereocenters. The fourth-order valence-corrected chi connectivity index (χ4v) is 4.22. The molecule has 0 unspecified atom stereocenters.